The van der Waals surface area contributed by atoms with Crippen molar-refractivity contribution in [3.63, 3.8) is 0 Å². The predicted molar refractivity (Wildman–Crippen MR) is 65.0 cm³/mol. The Bertz CT molecular complexity index is 399. The number of hydrogen-bond donors (Lipinski definition) is 1. The van der Waals surface area contributed by atoms with Crippen LogP contribution in [0.2, 0.25) is 0 Å². The fourth-order valence-corrected chi connectivity index (χ4v) is 2.17. The Morgan fingerprint density at radius 3 is 2.06 bits per heavy atom. The highest BCUT2D eigenvalue weighted by Crippen LogP contribution is 2.26. The van der Waals surface area contributed by atoms with E-state index in [1.165, 1.54) is 11.1 Å². The Morgan fingerprint density at radius 1 is 1.12 bits per heavy atom. The Hall–Kier alpha value is -1.32. The molecule has 17 heavy (non-hydrogen) atoms. The Kier molecular flexibility index (Phi) is 2.87. The minimum atomic E-state index is 0.369. The molecule has 2 aliphatic rings. The van der Waals surface area contributed by atoms with E-state index in [1.807, 2.05) is 0 Å². The van der Waals surface area contributed by atoms with Gasteiger partial charge in [-0.2, -0.15) is 0 Å². The molecule has 2 atom stereocenters. The molecule has 1 aromatic carbocycles. The van der Waals surface area contributed by atoms with Crippen molar-refractivity contribution in [1.82, 2.24) is 0 Å². The second kappa shape index (κ2) is 4.51. The molecule has 2 saturated heterocycles. The van der Waals surface area contributed by atoms with E-state index in [1.54, 1.807) is 6.08 Å². The van der Waals surface area contributed by atoms with Crippen LogP contribution >= 0.6 is 0 Å². The van der Waals surface area contributed by atoms with Crippen LogP contribution in [0.3, 0.4) is 0 Å². The van der Waals surface area contributed by atoms with Crippen molar-refractivity contribution in [2.45, 2.75) is 25.0 Å². The zero-order chi connectivity index (χ0) is 11.7. The van der Waals surface area contributed by atoms with Gasteiger partial charge in [0.1, 0.15) is 0 Å². The van der Waals surface area contributed by atoms with Crippen molar-refractivity contribution in [1.29, 1.82) is 0 Å². The average Bonchev–Trinajstić information content (AvgIpc) is 3.17. The summed E-state index contributed by atoms with van der Waals surface area (Å²) in [5.41, 5.74) is 3.62. The maximum atomic E-state index is 9.03. The summed E-state index contributed by atoms with van der Waals surface area (Å²) in [4.78, 5) is 0. The number of aliphatic hydroxyl groups is 1. The van der Waals surface area contributed by atoms with Gasteiger partial charge in [0.25, 0.3) is 0 Å². The van der Waals surface area contributed by atoms with Gasteiger partial charge in [0.2, 0.25) is 0 Å². The lowest BCUT2D eigenvalue weighted by atomic mass is 9.95. The van der Waals surface area contributed by atoms with E-state index < -0.39 is 0 Å². The van der Waals surface area contributed by atoms with E-state index >= 15 is 0 Å². The minimum Gasteiger partial charge on any atom is -0.516 e. The smallest absolute Gasteiger partial charge is 0.0850 e. The first kappa shape index (κ1) is 10.8. The maximum Gasteiger partial charge on any atom is 0.0850 e. The highest BCUT2D eigenvalue weighted by Gasteiger charge is 2.26. The molecule has 0 aliphatic carbocycles. The van der Waals surface area contributed by atoms with Gasteiger partial charge in [-0.3, -0.25) is 0 Å². The predicted octanol–water partition coefficient (Wildman–Crippen LogP) is 2.10. The molecule has 0 spiro atoms. The first-order valence-corrected chi connectivity index (χ1v) is 6.01. The van der Waals surface area contributed by atoms with E-state index in [0.717, 1.165) is 37.9 Å². The standard InChI is InChI=1S/C14H16O3/c15-5-4-14-10(6-12-8-16-12)2-1-3-11(14)7-13-9-17-13/h1-5,12-13,15H,6-9H2. The highest BCUT2D eigenvalue weighted by molar-refractivity contribution is 5.58. The average molecular weight is 232 g/mol. The van der Waals surface area contributed by atoms with Gasteiger partial charge in [-0.15, -0.1) is 0 Å². The third kappa shape index (κ3) is 2.68. The van der Waals surface area contributed by atoms with Crippen molar-refractivity contribution in [3.05, 3.63) is 41.2 Å². The summed E-state index contributed by atoms with van der Waals surface area (Å²) in [6, 6.07) is 6.28. The molecule has 2 aliphatic heterocycles. The van der Waals surface area contributed by atoms with Crippen molar-refractivity contribution >= 4 is 6.08 Å². The van der Waals surface area contributed by atoms with Gasteiger partial charge in [-0.05, 0) is 22.8 Å². The molecule has 0 saturated carbocycles. The molecule has 3 heteroatoms. The Morgan fingerprint density at radius 2 is 1.65 bits per heavy atom. The molecule has 0 amide bonds. The van der Waals surface area contributed by atoms with Gasteiger partial charge in [-0.1, -0.05) is 18.2 Å². The van der Waals surface area contributed by atoms with Crippen LogP contribution in [-0.4, -0.2) is 30.5 Å². The van der Waals surface area contributed by atoms with E-state index in [4.69, 9.17) is 14.6 Å². The summed E-state index contributed by atoms with van der Waals surface area (Å²) in [5.74, 6) is 0. The van der Waals surface area contributed by atoms with Crippen LogP contribution in [-0.2, 0) is 22.3 Å². The number of aliphatic hydroxyl groups excluding tert-OH is 1. The molecule has 3 nitrogen and oxygen atoms in total. The van der Waals surface area contributed by atoms with Crippen molar-refractivity contribution in [2.24, 2.45) is 0 Å². The second-order valence-corrected chi connectivity index (χ2v) is 4.62. The van der Waals surface area contributed by atoms with Crippen LogP contribution in [0, 0.1) is 0 Å². The van der Waals surface area contributed by atoms with Crippen LogP contribution in [0.15, 0.2) is 24.5 Å². The van der Waals surface area contributed by atoms with Crippen LogP contribution in [0.1, 0.15) is 16.7 Å². The highest BCUT2D eigenvalue weighted by atomic mass is 16.6. The molecule has 0 radical (unpaired) electrons. The van der Waals surface area contributed by atoms with Gasteiger partial charge in [-0.25, -0.2) is 0 Å². The molecule has 1 aromatic rings. The summed E-state index contributed by atoms with van der Waals surface area (Å²) in [6.45, 7) is 1.72. The Balaban J connectivity index is 1.88. The summed E-state index contributed by atoms with van der Waals surface area (Å²) >= 11 is 0. The molecule has 0 bridgehead atoms. The molecule has 3 rings (SSSR count). The summed E-state index contributed by atoms with van der Waals surface area (Å²) < 4.78 is 10.5. The molecule has 0 aromatic heterocycles. The quantitative estimate of drug-likeness (QED) is 0.624. The third-order valence-corrected chi connectivity index (χ3v) is 3.23. The van der Waals surface area contributed by atoms with E-state index in [-0.39, 0.29) is 0 Å². The fourth-order valence-electron chi connectivity index (χ4n) is 2.17. The van der Waals surface area contributed by atoms with Crippen molar-refractivity contribution < 1.29 is 14.6 Å². The van der Waals surface area contributed by atoms with Gasteiger partial charge >= 0.3 is 0 Å². The van der Waals surface area contributed by atoms with Crippen LogP contribution in [0.25, 0.3) is 6.08 Å². The molecule has 90 valence electrons. The van der Waals surface area contributed by atoms with E-state index in [9.17, 15) is 0 Å². The lowest BCUT2D eigenvalue weighted by Gasteiger charge is -2.10. The summed E-state index contributed by atoms with van der Waals surface area (Å²) in [7, 11) is 0. The monoisotopic (exact) mass is 232 g/mol. The SMILES string of the molecule is OC=Cc1c(CC2CO2)cccc1CC1CO1. The zero-order valence-corrected chi connectivity index (χ0v) is 9.63. The number of benzene rings is 1. The van der Waals surface area contributed by atoms with Gasteiger partial charge in [0.15, 0.2) is 0 Å². The topological polar surface area (TPSA) is 45.3 Å². The van der Waals surface area contributed by atoms with E-state index in [0.29, 0.717) is 12.2 Å². The summed E-state index contributed by atoms with van der Waals surface area (Å²) in [5, 5.41) is 9.03. The number of epoxide rings is 2. The lowest BCUT2D eigenvalue weighted by Crippen LogP contribution is -2.02. The number of ether oxygens (including phenoxy) is 2. The number of hydrogen-bond acceptors (Lipinski definition) is 3. The second-order valence-electron chi connectivity index (χ2n) is 4.62. The maximum absolute atomic E-state index is 9.03. The van der Waals surface area contributed by atoms with Gasteiger partial charge in [0.05, 0.1) is 31.7 Å². The molecule has 2 unspecified atom stereocenters. The fraction of sp³-hybridized carbons (Fsp3) is 0.429. The molecule has 2 fully saturated rings. The van der Waals surface area contributed by atoms with Crippen LogP contribution in [0.4, 0.5) is 0 Å². The van der Waals surface area contributed by atoms with Crippen molar-refractivity contribution in [2.75, 3.05) is 13.2 Å². The normalized spacial score (nSPS) is 26.4. The zero-order valence-electron chi connectivity index (χ0n) is 9.63. The Labute approximate surface area is 101 Å². The number of rotatable bonds is 5. The van der Waals surface area contributed by atoms with Gasteiger partial charge in [0, 0.05) is 12.8 Å². The molecular weight excluding hydrogens is 216 g/mol. The minimum absolute atomic E-state index is 0.369. The first-order valence-electron chi connectivity index (χ1n) is 6.01. The van der Waals surface area contributed by atoms with Crippen LogP contribution in [0.5, 0.6) is 0 Å². The molecule has 1 N–H and O–H groups in total. The van der Waals surface area contributed by atoms with E-state index in [2.05, 4.69) is 18.2 Å². The molecule has 2 heterocycles. The van der Waals surface area contributed by atoms with Crippen molar-refractivity contribution in [3.8, 4) is 0 Å². The lowest BCUT2D eigenvalue weighted by molar-refractivity contribution is 0.406. The van der Waals surface area contributed by atoms with Gasteiger partial charge < -0.3 is 14.6 Å². The first-order chi connectivity index (χ1) is 8.36. The molecular formula is C14H16O3. The summed E-state index contributed by atoms with van der Waals surface area (Å²) in [6.07, 6.45) is 5.48. The largest absolute Gasteiger partial charge is 0.516 e. The van der Waals surface area contributed by atoms with Crippen LogP contribution < -0.4 is 0 Å². The third-order valence-electron chi connectivity index (χ3n) is 3.23.